The van der Waals surface area contributed by atoms with E-state index in [1.165, 1.54) is 42.7 Å². The van der Waals surface area contributed by atoms with Gasteiger partial charge < -0.3 is 10.1 Å². The number of benzene rings is 2. The Kier molecular flexibility index (Phi) is 6.75. The summed E-state index contributed by atoms with van der Waals surface area (Å²) in [4.78, 5) is 13.1. The highest BCUT2D eigenvalue weighted by molar-refractivity contribution is 9.10. The standard InChI is InChI=1S/C20H15BrF4N4O3S/c1-10-16(18(30)27-11-4-3-5-13(8-11)33(2,26)31)19(29-28-17(10)20(23,24)25)32-12-6-7-14(21)15(22)9-12/h3-9,26H,1-2H3,(H,27,30). The van der Waals surface area contributed by atoms with Crippen molar-refractivity contribution in [3.8, 4) is 11.6 Å². The third-order valence-electron chi connectivity index (χ3n) is 4.33. The molecule has 3 aromatic rings. The topological polar surface area (TPSA) is 105 Å². The van der Waals surface area contributed by atoms with Crippen LogP contribution in [0.1, 0.15) is 21.6 Å². The zero-order valence-corrected chi connectivity index (χ0v) is 19.4. The van der Waals surface area contributed by atoms with Crippen LogP contribution in [0.2, 0.25) is 0 Å². The zero-order valence-electron chi connectivity index (χ0n) is 17.0. The van der Waals surface area contributed by atoms with Crippen LogP contribution in [0.3, 0.4) is 0 Å². The molecule has 174 valence electrons. The molecule has 1 aromatic heterocycles. The summed E-state index contributed by atoms with van der Waals surface area (Å²) >= 11 is 2.97. The molecule has 13 heteroatoms. The van der Waals surface area contributed by atoms with Crippen LogP contribution in [0, 0.1) is 17.5 Å². The van der Waals surface area contributed by atoms with Gasteiger partial charge in [0, 0.05) is 22.9 Å². The third-order valence-corrected chi connectivity index (χ3v) is 6.12. The second-order valence-corrected chi connectivity index (χ2v) is 9.87. The number of hydrogen-bond donors (Lipinski definition) is 2. The molecule has 2 N–H and O–H groups in total. The number of halogens is 5. The minimum atomic E-state index is -4.90. The molecule has 0 aliphatic rings. The number of aromatic nitrogens is 2. The summed E-state index contributed by atoms with van der Waals surface area (Å²) in [5.41, 5.74) is -2.43. The maximum Gasteiger partial charge on any atom is 0.435 e. The molecular weight excluding hydrogens is 532 g/mol. The van der Waals surface area contributed by atoms with E-state index < -0.39 is 50.3 Å². The van der Waals surface area contributed by atoms with Crippen LogP contribution < -0.4 is 10.1 Å². The fourth-order valence-corrected chi connectivity index (χ4v) is 3.71. The lowest BCUT2D eigenvalue weighted by atomic mass is 10.1. The van der Waals surface area contributed by atoms with Crippen molar-refractivity contribution in [3.05, 3.63) is 69.6 Å². The van der Waals surface area contributed by atoms with Crippen molar-refractivity contribution in [1.29, 1.82) is 4.78 Å². The van der Waals surface area contributed by atoms with Gasteiger partial charge in [0.1, 0.15) is 17.1 Å². The number of nitrogens with zero attached hydrogens (tertiary/aromatic N) is 2. The summed E-state index contributed by atoms with van der Waals surface area (Å²) in [5.74, 6) is -2.42. The highest BCUT2D eigenvalue weighted by Gasteiger charge is 2.38. The van der Waals surface area contributed by atoms with Crippen LogP contribution in [-0.2, 0) is 15.9 Å². The first kappa shape index (κ1) is 24.6. The molecule has 2 aromatic carbocycles. The minimum Gasteiger partial charge on any atom is -0.437 e. The molecule has 1 unspecified atom stereocenters. The van der Waals surface area contributed by atoms with Gasteiger partial charge in [-0.05, 0) is 58.7 Å². The lowest BCUT2D eigenvalue weighted by molar-refractivity contribution is -0.142. The number of hydrogen-bond acceptors (Lipinski definition) is 6. The number of anilines is 1. The summed E-state index contributed by atoms with van der Waals surface area (Å²) in [6, 6.07) is 9.11. The van der Waals surface area contributed by atoms with Crippen molar-refractivity contribution in [2.45, 2.75) is 18.0 Å². The summed E-state index contributed by atoms with van der Waals surface area (Å²) in [6.07, 6.45) is -3.71. The van der Waals surface area contributed by atoms with Crippen LogP contribution in [0.15, 0.2) is 51.8 Å². The van der Waals surface area contributed by atoms with E-state index in [0.717, 1.165) is 13.0 Å². The number of amides is 1. The van der Waals surface area contributed by atoms with Crippen LogP contribution in [-0.4, -0.2) is 26.6 Å². The van der Waals surface area contributed by atoms with E-state index in [2.05, 4.69) is 31.4 Å². The van der Waals surface area contributed by atoms with Crippen molar-refractivity contribution in [2.75, 3.05) is 11.6 Å². The largest absolute Gasteiger partial charge is 0.437 e. The van der Waals surface area contributed by atoms with E-state index in [1.807, 2.05) is 0 Å². The Morgan fingerprint density at radius 1 is 1.18 bits per heavy atom. The maximum absolute atomic E-state index is 13.8. The van der Waals surface area contributed by atoms with Crippen molar-refractivity contribution in [2.24, 2.45) is 0 Å². The molecule has 0 saturated heterocycles. The fourth-order valence-electron chi connectivity index (χ4n) is 2.77. The Morgan fingerprint density at radius 2 is 1.88 bits per heavy atom. The van der Waals surface area contributed by atoms with Gasteiger partial charge in [0.25, 0.3) is 11.8 Å². The Morgan fingerprint density at radius 3 is 2.48 bits per heavy atom. The van der Waals surface area contributed by atoms with Gasteiger partial charge in [-0.1, -0.05) is 6.07 Å². The average molecular weight is 547 g/mol. The second kappa shape index (κ2) is 9.06. The van der Waals surface area contributed by atoms with Crippen LogP contribution in [0.4, 0.5) is 23.2 Å². The van der Waals surface area contributed by atoms with Crippen molar-refractivity contribution >= 4 is 37.3 Å². The van der Waals surface area contributed by atoms with Crippen molar-refractivity contribution in [1.82, 2.24) is 10.2 Å². The predicted octanol–water partition coefficient (Wildman–Crippen LogP) is 5.79. The van der Waals surface area contributed by atoms with Crippen molar-refractivity contribution < 1.29 is 31.3 Å². The van der Waals surface area contributed by atoms with Crippen LogP contribution in [0.25, 0.3) is 0 Å². The Balaban J connectivity index is 2.07. The molecule has 1 atom stereocenters. The average Bonchev–Trinajstić information content (AvgIpc) is 2.69. The molecule has 1 heterocycles. The fraction of sp³-hybridized carbons (Fsp3) is 0.150. The van der Waals surface area contributed by atoms with Gasteiger partial charge in [-0.2, -0.15) is 13.2 Å². The number of carbonyl (C=O) groups is 1. The normalized spacial score (nSPS) is 13.3. The molecule has 0 aliphatic heterocycles. The molecule has 3 rings (SSSR count). The molecule has 0 radical (unpaired) electrons. The highest BCUT2D eigenvalue weighted by atomic mass is 79.9. The molecule has 33 heavy (non-hydrogen) atoms. The molecule has 0 fully saturated rings. The van der Waals surface area contributed by atoms with Crippen LogP contribution in [0.5, 0.6) is 11.6 Å². The summed E-state index contributed by atoms with van der Waals surface area (Å²) < 4.78 is 79.1. The number of carbonyl (C=O) groups excluding carboxylic acids is 1. The van der Waals surface area contributed by atoms with Crippen molar-refractivity contribution in [3.63, 3.8) is 0 Å². The van der Waals surface area contributed by atoms with E-state index in [1.54, 1.807) is 0 Å². The van der Waals surface area contributed by atoms with Gasteiger partial charge in [-0.15, -0.1) is 10.2 Å². The van der Waals surface area contributed by atoms with Gasteiger partial charge in [0.15, 0.2) is 5.69 Å². The zero-order chi connectivity index (χ0) is 24.6. The predicted molar refractivity (Wildman–Crippen MR) is 115 cm³/mol. The van der Waals surface area contributed by atoms with E-state index in [4.69, 9.17) is 9.52 Å². The smallest absolute Gasteiger partial charge is 0.435 e. The summed E-state index contributed by atoms with van der Waals surface area (Å²) in [5, 5.41) is 8.94. The first-order valence-corrected chi connectivity index (χ1v) is 11.8. The summed E-state index contributed by atoms with van der Waals surface area (Å²) in [6.45, 7) is 1.03. The van der Waals surface area contributed by atoms with Gasteiger partial charge in [0.05, 0.1) is 14.2 Å². The Hall–Kier alpha value is -3.06. The number of alkyl halides is 3. The quantitative estimate of drug-likeness (QED) is 0.394. The van der Waals surface area contributed by atoms with Gasteiger partial charge in [-0.3, -0.25) is 4.79 Å². The summed E-state index contributed by atoms with van der Waals surface area (Å²) in [7, 11) is -3.10. The molecule has 7 nitrogen and oxygen atoms in total. The van der Waals surface area contributed by atoms with E-state index in [0.29, 0.717) is 0 Å². The van der Waals surface area contributed by atoms with E-state index >= 15 is 0 Å². The SMILES string of the molecule is Cc1c(C(F)(F)F)nnc(Oc2ccc(Br)c(F)c2)c1C(=O)Nc1cccc(S(C)(=N)=O)c1. The van der Waals surface area contributed by atoms with Gasteiger partial charge in [-0.25, -0.2) is 13.4 Å². The minimum absolute atomic E-state index is 0.0877. The lowest BCUT2D eigenvalue weighted by Gasteiger charge is -2.16. The van der Waals surface area contributed by atoms with Gasteiger partial charge >= 0.3 is 6.18 Å². The monoisotopic (exact) mass is 546 g/mol. The second-order valence-electron chi connectivity index (χ2n) is 6.86. The molecule has 1 amide bonds. The Bertz CT molecular complexity index is 1350. The molecule has 0 bridgehead atoms. The van der Waals surface area contributed by atoms with Crippen LogP contribution >= 0.6 is 15.9 Å². The first-order chi connectivity index (χ1) is 15.3. The molecular formula is C20H15BrF4N4O3S. The number of nitrogens with one attached hydrogen (secondary N) is 2. The van der Waals surface area contributed by atoms with Gasteiger partial charge in [0.2, 0.25) is 0 Å². The maximum atomic E-state index is 13.8. The molecule has 0 saturated carbocycles. The Labute approximate surface area is 194 Å². The van der Waals surface area contributed by atoms with E-state index in [-0.39, 0.29) is 20.8 Å². The third kappa shape index (κ3) is 5.66. The lowest BCUT2D eigenvalue weighted by Crippen LogP contribution is -2.21. The first-order valence-electron chi connectivity index (χ1n) is 9.00. The number of ether oxygens (including phenoxy) is 1. The molecule has 0 spiro atoms. The molecule has 0 aliphatic carbocycles. The number of rotatable bonds is 5. The highest BCUT2D eigenvalue weighted by Crippen LogP contribution is 2.35. The van der Waals surface area contributed by atoms with E-state index in [9.17, 15) is 26.6 Å².